The van der Waals surface area contributed by atoms with E-state index in [2.05, 4.69) is 35.0 Å². The summed E-state index contributed by atoms with van der Waals surface area (Å²) in [7, 11) is 1.75. The predicted octanol–water partition coefficient (Wildman–Crippen LogP) is 6.55. The zero-order valence-corrected chi connectivity index (χ0v) is 26.8. The van der Waals surface area contributed by atoms with Crippen molar-refractivity contribution in [3.63, 3.8) is 0 Å². The molecule has 11 heteroatoms. The van der Waals surface area contributed by atoms with Gasteiger partial charge in [-0.1, -0.05) is 26.0 Å². The third-order valence-electron chi connectivity index (χ3n) is 8.17. The fraction of sp³-hybridized carbons (Fsp3) is 0.382. The van der Waals surface area contributed by atoms with E-state index in [0.29, 0.717) is 53.2 Å². The van der Waals surface area contributed by atoms with Gasteiger partial charge < -0.3 is 19.8 Å². The number of hydrogen-bond acceptors (Lipinski definition) is 9. The Morgan fingerprint density at radius 1 is 1.16 bits per heavy atom. The van der Waals surface area contributed by atoms with Crippen LogP contribution in [0.15, 0.2) is 47.0 Å². The summed E-state index contributed by atoms with van der Waals surface area (Å²) in [6.45, 7) is 7.55. The smallest absolute Gasteiger partial charge is 0.251 e. The number of methoxy groups -OCH3 is 1. The summed E-state index contributed by atoms with van der Waals surface area (Å²) in [5, 5.41) is 9.52. The standard InChI is InChI=1S/C34H37FN6O3S/c1-19(2)16-26-28(32(36)42)30(27-17-22-13-14-37-33(31(22)45-27)41-15-5-6-24(18-41)43-4)29(34-40-39-20(3)44-34)25(38-26)12-9-21-7-10-23(35)11-8-21/h7-8,10-11,13-14,17,19,24H,5-6,9,12,15-16,18H2,1-4H3,(H2,36,42). The molecule has 0 radical (unpaired) electrons. The van der Waals surface area contributed by atoms with Gasteiger partial charge in [-0.15, -0.1) is 21.5 Å². The minimum Gasteiger partial charge on any atom is -0.421 e. The fourth-order valence-electron chi connectivity index (χ4n) is 6.08. The summed E-state index contributed by atoms with van der Waals surface area (Å²) in [6, 6.07) is 10.5. The Morgan fingerprint density at radius 3 is 2.64 bits per heavy atom. The summed E-state index contributed by atoms with van der Waals surface area (Å²) >= 11 is 1.57. The Kier molecular flexibility index (Phi) is 8.91. The normalized spacial score (nSPS) is 15.3. The van der Waals surface area contributed by atoms with Crippen LogP contribution in [0, 0.1) is 18.7 Å². The van der Waals surface area contributed by atoms with Crippen LogP contribution < -0.4 is 10.6 Å². The third kappa shape index (κ3) is 6.46. The number of primary amides is 1. The average molecular weight is 629 g/mol. The fourth-order valence-corrected chi connectivity index (χ4v) is 7.31. The number of fused-ring (bicyclic) bond motifs is 1. The number of thiophene rings is 1. The van der Waals surface area contributed by atoms with Crippen LogP contribution in [0.1, 0.15) is 59.9 Å². The number of nitrogens with zero attached hydrogens (tertiary/aromatic N) is 5. The van der Waals surface area contributed by atoms with Gasteiger partial charge in [0.1, 0.15) is 11.6 Å². The van der Waals surface area contributed by atoms with Gasteiger partial charge in [0.05, 0.1) is 33.3 Å². The number of piperidine rings is 1. The number of pyridine rings is 2. The maximum atomic E-state index is 13.6. The largest absolute Gasteiger partial charge is 0.421 e. The molecule has 6 rings (SSSR count). The molecule has 9 nitrogen and oxygen atoms in total. The molecule has 0 saturated carbocycles. The predicted molar refractivity (Wildman–Crippen MR) is 174 cm³/mol. The minimum absolute atomic E-state index is 0.145. The molecule has 1 aromatic carbocycles. The first-order valence-corrected chi connectivity index (χ1v) is 16.1. The van der Waals surface area contributed by atoms with E-state index >= 15 is 0 Å². The number of benzene rings is 1. The van der Waals surface area contributed by atoms with Gasteiger partial charge in [0.15, 0.2) is 0 Å². The lowest BCUT2D eigenvalue weighted by Crippen LogP contribution is -2.39. The molecule has 5 heterocycles. The van der Waals surface area contributed by atoms with Gasteiger partial charge in [-0.2, -0.15) is 0 Å². The second-order valence-corrected chi connectivity index (χ2v) is 13.0. The number of ether oxygens (including phenoxy) is 1. The van der Waals surface area contributed by atoms with E-state index in [4.69, 9.17) is 24.9 Å². The third-order valence-corrected chi connectivity index (χ3v) is 9.34. The van der Waals surface area contributed by atoms with E-state index < -0.39 is 5.91 Å². The van der Waals surface area contributed by atoms with E-state index in [-0.39, 0.29) is 23.7 Å². The lowest BCUT2D eigenvalue weighted by molar-refractivity contribution is 0.0892. The van der Waals surface area contributed by atoms with Crippen molar-refractivity contribution in [2.75, 3.05) is 25.1 Å². The van der Waals surface area contributed by atoms with Crippen LogP contribution in [0.5, 0.6) is 0 Å². The second kappa shape index (κ2) is 13.0. The van der Waals surface area contributed by atoms with Gasteiger partial charge in [0.2, 0.25) is 11.8 Å². The number of hydrogen-bond donors (Lipinski definition) is 1. The van der Waals surface area contributed by atoms with E-state index in [1.54, 1.807) is 37.5 Å². The molecule has 234 valence electrons. The Labute approximate surface area is 265 Å². The molecule has 4 aromatic heterocycles. The van der Waals surface area contributed by atoms with Crippen molar-refractivity contribution in [2.24, 2.45) is 11.7 Å². The first-order valence-electron chi connectivity index (χ1n) is 15.3. The Morgan fingerprint density at radius 2 is 1.96 bits per heavy atom. The number of amides is 1. The van der Waals surface area contributed by atoms with Crippen molar-refractivity contribution in [1.29, 1.82) is 0 Å². The highest BCUT2D eigenvalue weighted by Gasteiger charge is 2.30. The van der Waals surface area contributed by atoms with Crippen LogP contribution in [0.25, 0.3) is 32.0 Å². The molecule has 1 atom stereocenters. The van der Waals surface area contributed by atoms with Gasteiger partial charge in [-0.25, -0.2) is 9.37 Å². The van der Waals surface area contributed by atoms with Crippen molar-refractivity contribution < 1.29 is 18.3 Å². The molecule has 1 aliphatic rings. The van der Waals surface area contributed by atoms with Crippen LogP contribution in [0.2, 0.25) is 0 Å². The van der Waals surface area contributed by atoms with Crippen molar-refractivity contribution in [3.05, 3.63) is 76.8 Å². The Bertz CT molecular complexity index is 1830. The van der Waals surface area contributed by atoms with E-state index in [1.807, 2.05) is 12.3 Å². The number of aromatic nitrogens is 4. The van der Waals surface area contributed by atoms with Crippen LogP contribution in [-0.2, 0) is 24.0 Å². The van der Waals surface area contributed by atoms with Crippen molar-refractivity contribution in [1.82, 2.24) is 20.2 Å². The van der Waals surface area contributed by atoms with Crippen LogP contribution >= 0.6 is 11.3 Å². The molecule has 45 heavy (non-hydrogen) atoms. The molecule has 1 fully saturated rings. The molecule has 1 amide bonds. The molecule has 1 aliphatic heterocycles. The first-order chi connectivity index (χ1) is 21.7. The molecular formula is C34H37FN6O3S. The topological polar surface area (TPSA) is 120 Å². The van der Waals surface area contributed by atoms with Crippen LogP contribution in [0.4, 0.5) is 10.2 Å². The maximum Gasteiger partial charge on any atom is 0.251 e. The van der Waals surface area contributed by atoms with Gasteiger partial charge in [0.25, 0.3) is 5.91 Å². The molecule has 0 bridgehead atoms. The van der Waals surface area contributed by atoms with E-state index in [0.717, 1.165) is 52.3 Å². The van der Waals surface area contributed by atoms with Crippen LogP contribution in [-0.4, -0.2) is 52.4 Å². The SMILES string of the molecule is COC1CCCN(c2nccc3cc(-c4c(C(N)=O)c(CC(C)C)nc(CCc5ccc(F)cc5)c4-c4nnc(C)o4)sc23)C1. The number of anilines is 1. The number of aryl methyl sites for hydroxylation is 3. The lowest BCUT2D eigenvalue weighted by Gasteiger charge is -2.33. The summed E-state index contributed by atoms with van der Waals surface area (Å²) < 4.78 is 26.4. The van der Waals surface area contributed by atoms with Crippen LogP contribution in [0.3, 0.4) is 0 Å². The molecule has 1 unspecified atom stereocenters. The summed E-state index contributed by atoms with van der Waals surface area (Å²) in [5.41, 5.74) is 10.1. The number of halogens is 1. The van der Waals surface area contributed by atoms with Gasteiger partial charge >= 0.3 is 0 Å². The summed E-state index contributed by atoms with van der Waals surface area (Å²) in [5.74, 6) is 0.938. The molecule has 1 saturated heterocycles. The molecule has 0 spiro atoms. The highest BCUT2D eigenvalue weighted by atomic mass is 32.1. The highest BCUT2D eigenvalue weighted by Crippen LogP contribution is 2.45. The molecule has 2 N–H and O–H groups in total. The lowest BCUT2D eigenvalue weighted by atomic mass is 9.91. The van der Waals surface area contributed by atoms with Gasteiger partial charge in [-0.05, 0) is 73.2 Å². The zero-order valence-electron chi connectivity index (χ0n) is 26.0. The Hall–Kier alpha value is -4.22. The monoisotopic (exact) mass is 628 g/mol. The van der Waals surface area contributed by atoms with Crippen molar-refractivity contribution >= 4 is 33.1 Å². The maximum absolute atomic E-state index is 13.6. The number of carbonyl (C=O) groups excluding carboxylic acids is 1. The number of rotatable bonds is 10. The Balaban J connectivity index is 1.57. The van der Waals surface area contributed by atoms with Gasteiger partial charge in [-0.3, -0.25) is 9.78 Å². The molecular weight excluding hydrogens is 591 g/mol. The first kappa shape index (κ1) is 30.8. The summed E-state index contributed by atoms with van der Waals surface area (Å²) in [6.07, 6.45) is 5.66. The zero-order chi connectivity index (χ0) is 31.7. The highest BCUT2D eigenvalue weighted by molar-refractivity contribution is 7.23. The van der Waals surface area contributed by atoms with E-state index in [1.165, 1.54) is 12.1 Å². The summed E-state index contributed by atoms with van der Waals surface area (Å²) in [4.78, 5) is 26.3. The number of carbonyl (C=O) groups is 1. The van der Waals surface area contributed by atoms with Crippen molar-refractivity contribution in [2.45, 2.75) is 59.0 Å². The van der Waals surface area contributed by atoms with Crippen molar-refractivity contribution in [3.8, 4) is 21.9 Å². The minimum atomic E-state index is -0.564. The molecule has 5 aromatic rings. The second-order valence-electron chi connectivity index (χ2n) is 12.0. The van der Waals surface area contributed by atoms with Gasteiger partial charge in [0, 0.05) is 43.8 Å². The molecule has 0 aliphatic carbocycles. The van der Waals surface area contributed by atoms with E-state index in [9.17, 15) is 9.18 Å². The quantitative estimate of drug-likeness (QED) is 0.185. The average Bonchev–Trinajstić information content (AvgIpc) is 3.66. The number of nitrogens with two attached hydrogens (primary N) is 1.